The molecule has 2 amide bonds. The molecule has 7 rings (SSSR count). The number of aromatic carboxylic acids is 1. The Balaban J connectivity index is 0.902. The van der Waals surface area contributed by atoms with Gasteiger partial charge >= 0.3 is 5.97 Å². The van der Waals surface area contributed by atoms with Gasteiger partial charge in [0.15, 0.2) is 0 Å². The number of benzene rings is 2. The van der Waals surface area contributed by atoms with E-state index in [1.807, 2.05) is 65.6 Å². The summed E-state index contributed by atoms with van der Waals surface area (Å²) in [4.78, 5) is 53.6. The van der Waals surface area contributed by atoms with E-state index in [0.29, 0.717) is 116 Å². The van der Waals surface area contributed by atoms with Crippen molar-refractivity contribution >= 4 is 35.2 Å². The normalized spacial score (nSPS) is 20.8. The van der Waals surface area contributed by atoms with Crippen LogP contribution in [0.1, 0.15) is 63.5 Å². The van der Waals surface area contributed by atoms with Crippen LogP contribution in [0.3, 0.4) is 0 Å². The number of fused-ring (bicyclic) bond motifs is 5. The van der Waals surface area contributed by atoms with Crippen LogP contribution in [0.25, 0.3) is 0 Å². The van der Waals surface area contributed by atoms with E-state index in [9.17, 15) is 19.5 Å². The van der Waals surface area contributed by atoms with Gasteiger partial charge in [0.2, 0.25) is 11.8 Å². The van der Waals surface area contributed by atoms with Crippen molar-refractivity contribution in [3.8, 4) is 0 Å². The number of aromatic nitrogens is 2. The number of ether oxygens (including phenoxy) is 4. The number of hydrogen-bond donors (Lipinski definition) is 5. The van der Waals surface area contributed by atoms with Crippen LogP contribution in [0.5, 0.6) is 0 Å². The third kappa shape index (κ3) is 14.8. The number of carboxylic acid groups (broad SMARTS) is 1. The summed E-state index contributed by atoms with van der Waals surface area (Å²) in [6.45, 7) is 7.73. The van der Waals surface area contributed by atoms with E-state index in [1.54, 1.807) is 24.0 Å². The molecule has 0 bridgehead atoms. The average molecular weight is 912 g/mol. The molecule has 0 aliphatic carbocycles. The number of nitrogens with one attached hydrogen (secondary N) is 4. The maximum atomic E-state index is 13.9. The highest BCUT2D eigenvalue weighted by molar-refractivity contribution is 7.99. The molecule has 4 aromatic rings. The molecule has 0 spiro atoms. The Morgan fingerprint density at radius 1 is 0.738 bits per heavy atom. The third-order valence-corrected chi connectivity index (χ3v) is 12.5. The number of rotatable bonds is 13. The van der Waals surface area contributed by atoms with Gasteiger partial charge in [-0.25, -0.2) is 20.6 Å². The molecule has 2 aromatic carbocycles. The zero-order valence-electron chi connectivity index (χ0n) is 36.8. The van der Waals surface area contributed by atoms with Gasteiger partial charge in [0.25, 0.3) is 0 Å². The summed E-state index contributed by atoms with van der Waals surface area (Å²) < 4.78 is 24.5. The van der Waals surface area contributed by atoms with E-state index in [-0.39, 0.29) is 48.5 Å². The molecule has 0 saturated carbocycles. The lowest BCUT2D eigenvalue weighted by Gasteiger charge is -2.33. The highest BCUT2D eigenvalue weighted by Crippen LogP contribution is 2.40. The number of carboxylic acids is 1. The van der Waals surface area contributed by atoms with Crippen molar-refractivity contribution in [1.29, 1.82) is 0 Å². The summed E-state index contributed by atoms with van der Waals surface area (Å²) in [5.74, 6) is -0.0295. The first-order valence-corrected chi connectivity index (χ1v) is 23.5. The van der Waals surface area contributed by atoms with Gasteiger partial charge in [-0.05, 0) is 47.0 Å². The molecule has 3 aliphatic rings. The molecule has 2 saturated heterocycles. The first-order chi connectivity index (χ1) is 31.9. The molecular formula is C47H61N9O8S. The molecule has 18 heteroatoms. The fourth-order valence-electron chi connectivity index (χ4n) is 8.04. The maximum Gasteiger partial charge on any atom is 0.354 e. The number of carbonyl (C=O) groups excluding carboxylic acids is 2. The number of hydrazine groups is 2. The fraction of sp³-hybridized carbons (Fsp3) is 0.468. The molecule has 5 N–H and O–H groups in total. The molecule has 5 heterocycles. The highest BCUT2D eigenvalue weighted by Gasteiger charge is 2.36. The van der Waals surface area contributed by atoms with E-state index in [0.717, 1.165) is 28.1 Å². The van der Waals surface area contributed by atoms with Gasteiger partial charge in [-0.2, -0.15) is 17.3 Å². The second-order valence-corrected chi connectivity index (χ2v) is 17.2. The molecule has 65 heavy (non-hydrogen) atoms. The minimum atomic E-state index is -1.06. The lowest BCUT2D eigenvalue weighted by atomic mass is 9.88. The number of nitrogens with zero attached hydrogens (tertiary/aromatic N) is 5. The standard InChI is InChI=1S/C47H61N9O8S/c57-43(15-16-44(58)56-30-35-8-1-2-11-39(35)45-46(52-53-51-45)40-12-3-4-14-42(40)56)49-18-29-65-34-38-33-63-25-21-54(32-37-10-7-13-41(50-37)47(59)60)19-23-61-27-28-62-24-20-55(22-26-64-38)31-36-9-5-6-17-48-36/h1-14,17,38,45-46,51-53H,15-16,18-34H2,(H,49,57)(H,59,60)/t38-,45?,46?/m0/s1. The van der Waals surface area contributed by atoms with E-state index in [2.05, 4.69) is 53.6 Å². The lowest BCUT2D eigenvalue weighted by Crippen LogP contribution is -2.36. The predicted octanol–water partition coefficient (Wildman–Crippen LogP) is 3.50. The van der Waals surface area contributed by atoms with Gasteiger partial charge in [-0.1, -0.05) is 54.6 Å². The van der Waals surface area contributed by atoms with Crippen molar-refractivity contribution in [2.75, 3.05) is 95.4 Å². The van der Waals surface area contributed by atoms with Gasteiger partial charge in [0, 0.05) is 82.0 Å². The summed E-state index contributed by atoms with van der Waals surface area (Å²) in [6, 6.07) is 26.9. The molecular weight excluding hydrogens is 851 g/mol. The molecule has 0 radical (unpaired) electrons. The van der Waals surface area contributed by atoms with Crippen LogP contribution in [0, 0.1) is 0 Å². The van der Waals surface area contributed by atoms with Gasteiger partial charge in [-0.15, -0.1) is 0 Å². The van der Waals surface area contributed by atoms with Crippen LogP contribution in [0.2, 0.25) is 0 Å². The summed E-state index contributed by atoms with van der Waals surface area (Å²) >= 11 is 1.67. The van der Waals surface area contributed by atoms with Crippen LogP contribution in [0.15, 0.2) is 91.1 Å². The first-order valence-electron chi connectivity index (χ1n) is 22.4. The van der Waals surface area contributed by atoms with Crippen LogP contribution >= 0.6 is 11.8 Å². The first kappa shape index (κ1) is 48.1. The Bertz CT molecular complexity index is 2120. The van der Waals surface area contributed by atoms with Crippen molar-refractivity contribution in [3.05, 3.63) is 125 Å². The monoisotopic (exact) mass is 911 g/mol. The Morgan fingerprint density at radius 3 is 2.18 bits per heavy atom. The molecule has 17 nitrogen and oxygen atoms in total. The molecule has 2 unspecified atom stereocenters. The second-order valence-electron chi connectivity index (χ2n) is 16.0. The minimum Gasteiger partial charge on any atom is -0.477 e. The number of carbonyl (C=O) groups is 3. The van der Waals surface area contributed by atoms with E-state index in [4.69, 9.17) is 18.9 Å². The van der Waals surface area contributed by atoms with Gasteiger partial charge in [-0.3, -0.25) is 24.4 Å². The number of para-hydroxylation sites is 1. The van der Waals surface area contributed by atoms with Crippen molar-refractivity contribution in [2.45, 2.75) is 50.7 Å². The lowest BCUT2D eigenvalue weighted by molar-refractivity contribution is -0.125. The van der Waals surface area contributed by atoms with Crippen LogP contribution in [-0.4, -0.2) is 139 Å². The van der Waals surface area contributed by atoms with Gasteiger partial charge in [0.1, 0.15) is 5.69 Å². The number of anilines is 1. The second kappa shape index (κ2) is 25.7. The minimum absolute atomic E-state index is 0.00675. The topological polar surface area (TPSA) is 192 Å². The number of pyridine rings is 2. The highest BCUT2D eigenvalue weighted by atomic mass is 32.2. The fourth-order valence-corrected chi connectivity index (χ4v) is 8.91. The molecule has 348 valence electrons. The average Bonchev–Trinajstić information content (AvgIpc) is 3.80. The largest absolute Gasteiger partial charge is 0.477 e. The smallest absolute Gasteiger partial charge is 0.354 e. The van der Waals surface area contributed by atoms with Crippen molar-refractivity contribution in [2.24, 2.45) is 0 Å². The SMILES string of the molecule is O=C(CCC(=O)N1Cc2ccccc2C2NNNC2c2ccccc21)NCCSC[C@@H]1COCCN(Cc2cccc(C(=O)O)n2)CCOCCOCCN(Cc2ccccn2)CCO1. The van der Waals surface area contributed by atoms with Gasteiger partial charge < -0.3 is 34.3 Å². The quantitative estimate of drug-likeness (QED) is 0.122. The van der Waals surface area contributed by atoms with Crippen molar-refractivity contribution in [3.63, 3.8) is 0 Å². The maximum absolute atomic E-state index is 13.9. The summed E-state index contributed by atoms with van der Waals surface area (Å²) in [5.41, 5.74) is 15.4. The van der Waals surface area contributed by atoms with E-state index in [1.165, 1.54) is 6.07 Å². The Hall–Kier alpha value is -4.86. The van der Waals surface area contributed by atoms with Crippen LogP contribution in [-0.2, 0) is 48.2 Å². The zero-order valence-corrected chi connectivity index (χ0v) is 37.6. The van der Waals surface area contributed by atoms with Gasteiger partial charge in [0.05, 0.1) is 82.4 Å². The van der Waals surface area contributed by atoms with Crippen LogP contribution < -0.4 is 26.6 Å². The van der Waals surface area contributed by atoms with Crippen molar-refractivity contribution < 1.29 is 38.4 Å². The Labute approximate surface area is 384 Å². The number of thioether (sulfide) groups is 1. The molecule has 3 atom stereocenters. The summed E-state index contributed by atoms with van der Waals surface area (Å²) in [6.07, 6.45) is 1.76. The Kier molecular flexibility index (Phi) is 19.0. The van der Waals surface area contributed by atoms with E-state index >= 15 is 0 Å². The summed E-state index contributed by atoms with van der Waals surface area (Å²) in [5, 5.41) is 12.5. The summed E-state index contributed by atoms with van der Waals surface area (Å²) in [7, 11) is 0. The van der Waals surface area contributed by atoms with Crippen LogP contribution in [0.4, 0.5) is 5.69 Å². The molecule has 2 aromatic heterocycles. The molecule has 3 aliphatic heterocycles. The number of hydrogen-bond acceptors (Lipinski definition) is 15. The zero-order chi connectivity index (χ0) is 45.1. The third-order valence-electron chi connectivity index (χ3n) is 11.4. The van der Waals surface area contributed by atoms with E-state index < -0.39 is 5.97 Å². The molecule has 2 fully saturated rings. The predicted molar refractivity (Wildman–Crippen MR) is 247 cm³/mol. The number of amides is 2. The Morgan fingerprint density at radius 2 is 1.42 bits per heavy atom. The van der Waals surface area contributed by atoms with Crippen molar-refractivity contribution in [1.82, 2.24) is 41.5 Å².